The number of nitriles is 2. The zero-order chi connectivity index (χ0) is 11.3. The Kier molecular flexibility index (Phi) is 3.61. The molecular weight excluding hydrogens is 219 g/mol. The predicted molar refractivity (Wildman–Crippen MR) is 53.7 cm³/mol. The van der Waals surface area contributed by atoms with Crippen LogP contribution >= 0.6 is 11.6 Å². The third kappa shape index (κ3) is 2.94. The predicted octanol–water partition coefficient (Wildman–Crippen LogP) is 2.29. The molecule has 1 rings (SSSR count). The summed E-state index contributed by atoms with van der Waals surface area (Å²) < 4.78 is 12.8. The number of hydrogen-bond acceptors (Lipinski definition) is 4. The molecule has 0 radical (unpaired) electrons. The third-order valence-corrected chi connectivity index (χ3v) is 1.76. The highest BCUT2D eigenvalue weighted by atomic mass is 35.5. The van der Waals surface area contributed by atoms with Crippen LogP contribution < -0.4 is 5.43 Å². The molecule has 1 aromatic carbocycles. The molecule has 0 saturated heterocycles. The lowest BCUT2D eigenvalue weighted by Crippen LogP contribution is -1.97. The Morgan fingerprint density at radius 1 is 1.40 bits per heavy atom. The van der Waals surface area contributed by atoms with Crippen LogP contribution in [0, 0.1) is 28.5 Å². The van der Waals surface area contributed by atoms with Crippen molar-refractivity contribution in [3.63, 3.8) is 0 Å². The molecule has 0 aliphatic rings. The van der Waals surface area contributed by atoms with E-state index in [4.69, 9.17) is 22.1 Å². The van der Waals surface area contributed by atoms with E-state index in [9.17, 15) is 4.39 Å². The fourth-order valence-electron chi connectivity index (χ4n) is 0.774. The zero-order valence-electron chi connectivity index (χ0n) is 7.33. The van der Waals surface area contributed by atoms with Crippen molar-refractivity contribution < 1.29 is 4.39 Å². The van der Waals surface area contributed by atoms with E-state index in [-0.39, 0.29) is 16.4 Å². The van der Waals surface area contributed by atoms with E-state index in [0.717, 1.165) is 6.07 Å². The Labute approximate surface area is 90.2 Å². The Morgan fingerprint density at radius 3 is 2.67 bits per heavy atom. The van der Waals surface area contributed by atoms with Gasteiger partial charge in [0.1, 0.15) is 18.0 Å². The summed E-state index contributed by atoms with van der Waals surface area (Å²) >= 11 is 5.70. The van der Waals surface area contributed by atoms with Crippen LogP contribution in [0.4, 0.5) is 10.1 Å². The van der Waals surface area contributed by atoms with Gasteiger partial charge in [0.15, 0.2) is 0 Å². The number of benzene rings is 1. The minimum atomic E-state index is -0.493. The maximum Gasteiger partial charge on any atom is 0.237 e. The normalized spacial score (nSPS) is 8.53. The number of nitrogens with zero attached hydrogens (tertiary/aromatic N) is 3. The average Bonchev–Trinajstić information content (AvgIpc) is 2.24. The minimum Gasteiger partial charge on any atom is -0.275 e. The summed E-state index contributed by atoms with van der Waals surface area (Å²) in [6, 6.07) is 6.73. The molecule has 0 aromatic heterocycles. The van der Waals surface area contributed by atoms with Crippen molar-refractivity contribution in [3.05, 3.63) is 29.0 Å². The van der Waals surface area contributed by atoms with Crippen LogP contribution in [0.2, 0.25) is 5.02 Å². The second kappa shape index (κ2) is 4.94. The summed E-state index contributed by atoms with van der Waals surface area (Å²) in [6.45, 7) is 0. The molecule has 0 fully saturated rings. The van der Waals surface area contributed by atoms with Gasteiger partial charge >= 0.3 is 0 Å². The first-order valence-corrected chi connectivity index (χ1v) is 4.14. The van der Waals surface area contributed by atoms with Gasteiger partial charge in [-0.3, -0.25) is 5.43 Å². The van der Waals surface area contributed by atoms with E-state index < -0.39 is 5.82 Å². The molecule has 0 atom stereocenters. The fourth-order valence-corrected chi connectivity index (χ4v) is 0.934. The van der Waals surface area contributed by atoms with Gasteiger partial charge in [-0.1, -0.05) is 11.6 Å². The van der Waals surface area contributed by atoms with Crippen LogP contribution in [0.1, 0.15) is 0 Å². The third-order valence-electron chi connectivity index (χ3n) is 1.43. The van der Waals surface area contributed by atoms with E-state index in [1.165, 1.54) is 12.1 Å². The molecule has 15 heavy (non-hydrogen) atoms. The monoisotopic (exact) mass is 222 g/mol. The van der Waals surface area contributed by atoms with Crippen molar-refractivity contribution in [2.75, 3.05) is 5.43 Å². The lowest BCUT2D eigenvalue weighted by molar-refractivity contribution is 0.628. The van der Waals surface area contributed by atoms with Crippen molar-refractivity contribution in [2.45, 2.75) is 0 Å². The molecule has 74 valence electrons. The number of hydrazone groups is 1. The molecular formula is C9H4ClFN4. The second-order valence-corrected chi connectivity index (χ2v) is 2.83. The molecule has 0 bridgehead atoms. The van der Waals surface area contributed by atoms with Crippen LogP contribution in [0.25, 0.3) is 0 Å². The molecule has 0 aliphatic heterocycles. The molecule has 0 unspecified atom stereocenters. The standard InChI is InChI=1S/C9H4ClFN4/c10-8-2-1-6(11)3-9(8)15-14-7(4-12)5-13/h1-3,15H. The van der Waals surface area contributed by atoms with Crippen molar-refractivity contribution in [1.82, 2.24) is 0 Å². The van der Waals surface area contributed by atoms with Crippen molar-refractivity contribution in [1.29, 1.82) is 10.5 Å². The number of nitrogens with one attached hydrogen (secondary N) is 1. The molecule has 1 N–H and O–H groups in total. The van der Waals surface area contributed by atoms with Gasteiger partial charge in [-0.05, 0) is 12.1 Å². The van der Waals surface area contributed by atoms with Gasteiger partial charge in [0.2, 0.25) is 5.71 Å². The van der Waals surface area contributed by atoms with Crippen LogP contribution in [0.15, 0.2) is 23.3 Å². The smallest absolute Gasteiger partial charge is 0.237 e. The van der Waals surface area contributed by atoms with Crippen molar-refractivity contribution in [3.8, 4) is 12.1 Å². The van der Waals surface area contributed by atoms with E-state index in [1.807, 2.05) is 0 Å². The first-order chi connectivity index (χ1) is 7.17. The topological polar surface area (TPSA) is 72.0 Å². The quantitative estimate of drug-likeness (QED) is 0.616. The average molecular weight is 223 g/mol. The van der Waals surface area contributed by atoms with E-state index >= 15 is 0 Å². The van der Waals surface area contributed by atoms with Crippen molar-refractivity contribution in [2.24, 2.45) is 5.10 Å². The van der Waals surface area contributed by atoms with Crippen molar-refractivity contribution >= 4 is 23.0 Å². The zero-order valence-corrected chi connectivity index (χ0v) is 8.09. The summed E-state index contributed by atoms with van der Waals surface area (Å²) in [4.78, 5) is 0. The highest BCUT2D eigenvalue weighted by Gasteiger charge is 2.01. The van der Waals surface area contributed by atoms with Gasteiger partial charge in [-0.2, -0.15) is 15.6 Å². The molecule has 0 heterocycles. The molecule has 1 aromatic rings. The number of anilines is 1. The summed E-state index contributed by atoms with van der Waals surface area (Å²) in [5.41, 5.74) is 2.16. The summed E-state index contributed by atoms with van der Waals surface area (Å²) in [5.74, 6) is -0.493. The molecule has 0 aliphatic carbocycles. The summed E-state index contributed by atoms with van der Waals surface area (Å²) in [7, 11) is 0. The van der Waals surface area contributed by atoms with Gasteiger partial charge in [0.25, 0.3) is 0 Å². The van der Waals surface area contributed by atoms with E-state index in [1.54, 1.807) is 12.1 Å². The number of rotatable bonds is 2. The number of hydrogen-bond donors (Lipinski definition) is 1. The van der Waals surface area contributed by atoms with Gasteiger partial charge in [0.05, 0.1) is 10.7 Å². The lowest BCUT2D eigenvalue weighted by Gasteiger charge is -2.01. The van der Waals surface area contributed by atoms with Crippen LogP contribution in [0.5, 0.6) is 0 Å². The fraction of sp³-hybridized carbons (Fsp3) is 0. The summed E-state index contributed by atoms with van der Waals surface area (Å²) in [6.07, 6.45) is 0. The maximum atomic E-state index is 12.8. The second-order valence-electron chi connectivity index (χ2n) is 2.42. The Balaban J connectivity index is 2.92. The van der Waals surface area contributed by atoms with Gasteiger partial charge in [-0.15, -0.1) is 0 Å². The molecule has 0 saturated carbocycles. The SMILES string of the molecule is N#CC(C#N)=NNc1cc(F)ccc1Cl. The van der Waals surface area contributed by atoms with Gasteiger partial charge < -0.3 is 0 Å². The van der Waals surface area contributed by atoms with Gasteiger partial charge in [-0.25, -0.2) is 4.39 Å². The van der Waals surface area contributed by atoms with Crippen LogP contribution in [-0.4, -0.2) is 5.71 Å². The highest BCUT2D eigenvalue weighted by Crippen LogP contribution is 2.22. The molecule has 6 heteroatoms. The van der Waals surface area contributed by atoms with Crippen LogP contribution in [0.3, 0.4) is 0 Å². The largest absolute Gasteiger partial charge is 0.275 e. The van der Waals surface area contributed by atoms with E-state index in [2.05, 4.69) is 10.5 Å². The Morgan fingerprint density at radius 2 is 2.07 bits per heavy atom. The van der Waals surface area contributed by atoms with E-state index in [0.29, 0.717) is 0 Å². The Bertz CT molecular complexity index is 468. The molecule has 0 spiro atoms. The first-order valence-electron chi connectivity index (χ1n) is 3.76. The highest BCUT2D eigenvalue weighted by molar-refractivity contribution is 6.33. The minimum absolute atomic E-state index is 0.194. The Hall–Kier alpha value is -2.11. The lowest BCUT2D eigenvalue weighted by atomic mass is 10.3. The summed E-state index contributed by atoms with van der Waals surface area (Å²) in [5, 5.41) is 20.4. The first kappa shape index (κ1) is 11.0. The molecule has 0 amide bonds. The number of halogens is 2. The van der Waals surface area contributed by atoms with Crippen LogP contribution in [-0.2, 0) is 0 Å². The van der Waals surface area contributed by atoms with Gasteiger partial charge in [0, 0.05) is 6.07 Å². The molecule has 4 nitrogen and oxygen atoms in total. The maximum absolute atomic E-state index is 12.8.